The summed E-state index contributed by atoms with van der Waals surface area (Å²) in [5, 5.41) is 76.4. The number of aromatic nitrogens is 14. The van der Waals surface area contributed by atoms with Gasteiger partial charge in [-0.25, -0.2) is 62.0 Å². The molecule has 0 radical (unpaired) electrons. The number of carbonyl (C=O) groups excluding carboxylic acids is 1. The maximum absolute atomic E-state index is 12.3. The molecule has 0 amide bonds. The summed E-state index contributed by atoms with van der Waals surface area (Å²) in [5.41, 5.74) is 7.94. The number of nitrogens with one attached hydrogen (secondary N) is 4. The van der Waals surface area contributed by atoms with Crippen molar-refractivity contribution in [1.29, 1.82) is 0 Å². The number of azo groups is 4. The Morgan fingerprint density at radius 1 is 0.517 bits per heavy atom. The number of imidazole rings is 4. The number of hydrogen-bond donors (Lipinski definition) is 11. The van der Waals surface area contributed by atoms with Gasteiger partial charge in [-0.1, -0.05) is 74.8 Å². The van der Waals surface area contributed by atoms with Crippen LogP contribution in [0.2, 0.25) is 5.02 Å². The van der Waals surface area contributed by atoms with Crippen LogP contribution in [0.5, 0.6) is 0 Å². The fraction of sp³-hybridized carbons (Fsp3) is 0.127. The molecule has 7 aromatic carbocycles. The number of aromatic carboxylic acids is 3. The minimum Gasteiger partial charge on any atom is -0.478 e. The minimum absolute atomic E-state index is 0.00374. The average molecular weight is 1730 g/mol. The molecule has 0 saturated heterocycles. The number of carbonyl (C=O) groups is 4. The molecule has 120 heavy (non-hydrogen) atoms. The van der Waals surface area contributed by atoms with Gasteiger partial charge in [-0.05, 0) is 109 Å². The Balaban J connectivity index is 0.000000139. The third-order valence-corrected chi connectivity index (χ3v) is 20.9. The number of aryl methyl sites for hydroxylation is 1. The number of rotatable bonds is 20. The molecule has 16 rings (SSSR count). The molecule has 9 aromatic heterocycles. The van der Waals surface area contributed by atoms with Gasteiger partial charge in [0.25, 0.3) is 46.2 Å². The molecule has 9 heterocycles. The predicted octanol–water partition coefficient (Wildman–Crippen LogP) is 14.3. The molecule has 0 bridgehead atoms. The first-order valence-corrected chi connectivity index (χ1v) is 40.4. The number of halogens is 1. The van der Waals surface area contributed by atoms with Crippen LogP contribution in [-0.2, 0) is 68.5 Å². The highest BCUT2D eigenvalue weighted by molar-refractivity contribution is 7.86. The van der Waals surface area contributed by atoms with Gasteiger partial charge in [0.2, 0.25) is 0 Å². The van der Waals surface area contributed by atoms with Crippen molar-refractivity contribution in [2.45, 2.75) is 54.0 Å². The van der Waals surface area contributed by atoms with Gasteiger partial charge in [0.05, 0.1) is 126 Å². The maximum atomic E-state index is 12.3. The molecule has 44 nitrogen and oxygen atoms in total. The van der Waals surface area contributed by atoms with E-state index in [1.807, 2.05) is 45.0 Å². The number of methoxy groups -OCH3 is 2. The van der Waals surface area contributed by atoms with Gasteiger partial charge in [-0.3, -0.25) is 43.3 Å². The highest BCUT2D eigenvalue weighted by Gasteiger charge is 2.30. The van der Waals surface area contributed by atoms with Crippen LogP contribution in [-0.4, -0.2) is 179 Å². The molecule has 614 valence electrons. The molecule has 0 aliphatic carbocycles. The van der Waals surface area contributed by atoms with Crippen molar-refractivity contribution in [2.24, 2.45) is 40.9 Å². The SMILES string of the molecule is CC(C)(C)c1[nH]n2c(nc3ccccc32)c1N=Nc1cc(S(=O)(=O)O)ccc1S(=O)(=O)O.COCc1[nH]n2c(nc3ccc(C(=O)O)cc32)c1N=Nc1cccc(C(=O)O)c1.O=C(O)c1[nH]n2c(nc3ccccc32)c1N=Nc1cccc(S(=O)(=O)O)c1.[C-]#[N+]c1cnn(CCS(=O)(=O)O)c1N=Nc1c(C(=O)OC)[nH]n2c1nc1cccc(Cl)c12. The van der Waals surface area contributed by atoms with E-state index < -0.39 is 91.0 Å². The zero-order valence-corrected chi connectivity index (χ0v) is 66.0. The van der Waals surface area contributed by atoms with E-state index in [-0.39, 0.29) is 80.4 Å². The molecule has 0 unspecified atom stereocenters. The fourth-order valence-electron chi connectivity index (χ4n) is 11.8. The van der Waals surface area contributed by atoms with Crippen molar-refractivity contribution >= 4 is 194 Å². The van der Waals surface area contributed by atoms with Crippen molar-refractivity contribution in [2.75, 3.05) is 20.0 Å². The lowest BCUT2D eigenvalue weighted by Crippen LogP contribution is -2.12. The lowest BCUT2D eigenvalue weighted by atomic mass is 9.91. The van der Waals surface area contributed by atoms with E-state index in [9.17, 15) is 72.2 Å². The summed E-state index contributed by atoms with van der Waals surface area (Å²) in [5.74, 6) is -4.78. The van der Waals surface area contributed by atoms with Gasteiger partial charge in [-0.2, -0.15) is 49.0 Å². The van der Waals surface area contributed by atoms with Crippen LogP contribution in [0.25, 0.3) is 71.6 Å². The predicted molar refractivity (Wildman–Crippen MR) is 425 cm³/mol. The Labute approximate surface area is 677 Å². The topological polar surface area (TPSA) is 618 Å². The molecular weight excluding hydrogens is 1670 g/mol. The summed E-state index contributed by atoms with van der Waals surface area (Å²) < 4.78 is 145. The quantitative estimate of drug-likeness (QED) is 0.0146. The normalized spacial score (nSPS) is 12.4. The van der Waals surface area contributed by atoms with E-state index in [1.165, 1.54) is 71.9 Å². The molecule has 16 aromatic rings. The highest BCUT2D eigenvalue weighted by Crippen LogP contribution is 2.41. The lowest BCUT2D eigenvalue weighted by molar-refractivity contribution is 0.0592. The van der Waals surface area contributed by atoms with Gasteiger partial charge in [-0.15, -0.1) is 30.7 Å². The zero-order chi connectivity index (χ0) is 86.2. The van der Waals surface area contributed by atoms with E-state index in [4.69, 9.17) is 41.9 Å². The second kappa shape index (κ2) is 32.9. The summed E-state index contributed by atoms with van der Waals surface area (Å²) in [4.78, 5) is 65.8. The molecule has 0 fully saturated rings. The number of para-hydroxylation sites is 5. The first-order chi connectivity index (χ1) is 56.8. The van der Waals surface area contributed by atoms with Crippen LogP contribution in [0.1, 0.15) is 73.9 Å². The number of benzene rings is 7. The monoisotopic (exact) mass is 1730 g/mol. The Kier molecular flexibility index (Phi) is 22.8. The molecule has 11 N–H and O–H groups in total. The number of carboxylic acids is 3. The van der Waals surface area contributed by atoms with Crippen LogP contribution in [0.4, 0.5) is 51.3 Å². The number of aromatic amines is 4. The summed E-state index contributed by atoms with van der Waals surface area (Å²) in [6.07, 6.45) is 1.18. The van der Waals surface area contributed by atoms with Crippen LogP contribution >= 0.6 is 11.6 Å². The molecule has 0 spiro atoms. The molecule has 0 aliphatic heterocycles. The van der Waals surface area contributed by atoms with Crippen LogP contribution in [0.15, 0.2) is 213 Å². The summed E-state index contributed by atoms with van der Waals surface area (Å²) in [6.45, 7) is 13.0. The van der Waals surface area contributed by atoms with E-state index in [0.29, 0.717) is 83.4 Å². The number of esters is 1. The van der Waals surface area contributed by atoms with Gasteiger partial charge in [0.1, 0.15) is 16.1 Å². The molecule has 0 aliphatic rings. The first-order valence-electron chi connectivity index (χ1n) is 34.1. The second-order valence-corrected chi connectivity index (χ2v) is 32.5. The summed E-state index contributed by atoms with van der Waals surface area (Å²) in [6, 6.07) is 38.0. The Hall–Kier alpha value is -14.6. The molecule has 0 atom stereocenters. The van der Waals surface area contributed by atoms with Gasteiger partial charge in [0, 0.05) is 12.5 Å². The summed E-state index contributed by atoms with van der Waals surface area (Å²) >= 11 is 6.28. The highest BCUT2D eigenvalue weighted by atomic mass is 35.5. The van der Waals surface area contributed by atoms with E-state index in [0.717, 1.165) is 34.5 Å². The zero-order valence-electron chi connectivity index (χ0n) is 62.0. The van der Waals surface area contributed by atoms with E-state index >= 15 is 0 Å². The van der Waals surface area contributed by atoms with Gasteiger partial charge < -0.3 is 24.8 Å². The van der Waals surface area contributed by atoms with Gasteiger partial charge in [0.15, 0.2) is 62.5 Å². The van der Waals surface area contributed by atoms with E-state index in [2.05, 4.69) is 91.2 Å². The Morgan fingerprint density at radius 2 is 1.04 bits per heavy atom. The van der Waals surface area contributed by atoms with E-state index in [1.54, 1.807) is 69.7 Å². The lowest BCUT2D eigenvalue weighted by Gasteiger charge is -2.16. The molecular formula is C71H58ClN23O21S4. The number of ether oxygens (including phenoxy) is 2. The standard InChI is InChI=1S/C19H19N5O6S2.C19H15N5O5.C17H13ClN8O5S.C16H11N5O5S/c1-19(2,3)17-16(18-20-12-6-4-5-7-14(12)24(18)23-17)22-21-13-10-11(31(25,26)27)8-9-15(13)32(28,29)30;1-29-9-14-16(22-21-12-4-2-3-10(7-12)18(25)26)17-20-13-6-5-11(19(27)28)8-15(13)24(17)23-14;1-19-11-8-20-25(6-7-32(28,29)30)15(11)23-22-12-13(17(27)31-2)24-26-14-9(18)4-3-5-10(14)21-16(12)26;22-16(23)14-13(15-17-11-6-1-2-7-12(11)21(15)20-14)19-18-9-4-3-5-10(8-9)27(24,25)26/h4-10,23H,1-3H3,(H,25,26,27)(H,28,29,30);2-8,23H,9H2,1H3,(H,25,26)(H,27,28);3-5,8,24H,6-7H2,2H3,(H,28,29,30);1-8,20H,(H,22,23)(H,24,25,26). The number of carboxylic acid groups (broad SMARTS) is 3. The maximum Gasteiger partial charge on any atom is 0.358 e. The van der Waals surface area contributed by atoms with Crippen molar-refractivity contribution in [3.8, 4) is 0 Å². The van der Waals surface area contributed by atoms with Crippen LogP contribution in [0, 0.1) is 6.57 Å². The number of hydrogen-bond acceptors (Lipinski definition) is 27. The van der Waals surface area contributed by atoms with Crippen molar-refractivity contribution < 1.29 is 95.9 Å². The smallest absolute Gasteiger partial charge is 0.358 e. The fourth-order valence-corrected chi connectivity index (χ4v) is 14.1. The largest absolute Gasteiger partial charge is 0.478 e. The van der Waals surface area contributed by atoms with Crippen LogP contribution in [0.3, 0.4) is 0 Å². The third kappa shape index (κ3) is 17.4. The van der Waals surface area contributed by atoms with Gasteiger partial charge >= 0.3 is 23.9 Å². The minimum atomic E-state index is -4.75. The molecule has 0 saturated carbocycles. The van der Waals surface area contributed by atoms with Crippen LogP contribution < -0.4 is 0 Å². The number of H-pyrrole nitrogens is 4. The third-order valence-electron chi connectivity index (χ3n) is 17.3. The summed E-state index contributed by atoms with van der Waals surface area (Å²) in [7, 11) is -15.3. The van der Waals surface area contributed by atoms with Crippen molar-refractivity contribution in [1.82, 2.24) is 68.2 Å². The Bertz CT molecular complexity index is 7540. The first kappa shape index (κ1) is 83.4. The van der Waals surface area contributed by atoms with Crippen molar-refractivity contribution in [3.63, 3.8) is 0 Å². The average Bonchev–Trinajstić information content (AvgIpc) is 1.60. The second-order valence-electron chi connectivity index (χ2n) is 26.3. The number of fused-ring (bicyclic) bond motifs is 12. The number of nitrogens with zero attached hydrogens (tertiary/aromatic N) is 19. The molecule has 49 heteroatoms. The Morgan fingerprint density at radius 3 is 1.65 bits per heavy atom. The van der Waals surface area contributed by atoms with Crippen molar-refractivity contribution in [3.05, 3.63) is 208 Å².